The fourth-order valence-electron chi connectivity index (χ4n) is 4.36. The minimum absolute atomic E-state index is 0.0655. The van der Waals surface area contributed by atoms with E-state index in [2.05, 4.69) is 20.5 Å². The number of pyridine rings is 1. The third-order valence-corrected chi connectivity index (χ3v) is 5.72. The van der Waals surface area contributed by atoms with E-state index in [1.807, 2.05) is 4.90 Å². The molecule has 12 heteroatoms. The summed E-state index contributed by atoms with van der Waals surface area (Å²) in [5.74, 6) is -0.670. The lowest BCUT2D eigenvalue weighted by atomic mass is 10.0. The summed E-state index contributed by atoms with van der Waals surface area (Å²) in [6, 6.07) is 2.91. The first kappa shape index (κ1) is 20.6. The van der Waals surface area contributed by atoms with Gasteiger partial charge in [-0.15, -0.1) is 0 Å². The van der Waals surface area contributed by atoms with E-state index in [0.717, 1.165) is 24.0 Å². The number of hydrazine groups is 1. The Balaban J connectivity index is 1.64. The maximum Gasteiger partial charge on any atom is 0.403 e. The predicted molar refractivity (Wildman–Crippen MR) is 105 cm³/mol. The van der Waals surface area contributed by atoms with Crippen molar-refractivity contribution in [1.82, 2.24) is 30.0 Å². The Morgan fingerprint density at radius 3 is 2.88 bits per heavy atom. The number of halogens is 4. The standard InChI is InChI=1S/C20H19F4N7O/c21-12-8-13-15(25-9-12)3-6-29(11-20(22,23)24)28-19(32)14-10-26-31-7-4-17(27-18(14)31)30-5-1-2-16(13)30/h4,7-10,16H,1-3,5-6,11H2,(H,28,32)/t16-/m1/s1. The third kappa shape index (κ3) is 3.85. The van der Waals surface area contributed by atoms with E-state index in [4.69, 9.17) is 0 Å². The van der Waals surface area contributed by atoms with Gasteiger partial charge in [-0.3, -0.25) is 15.2 Å². The highest BCUT2D eigenvalue weighted by Gasteiger charge is 2.34. The first-order valence-corrected chi connectivity index (χ1v) is 10.2. The fourth-order valence-corrected chi connectivity index (χ4v) is 4.36. The third-order valence-electron chi connectivity index (χ3n) is 5.72. The number of carbonyl (C=O) groups excluding carboxylic acids is 1. The Bertz CT molecular complexity index is 1180. The molecule has 1 fully saturated rings. The second-order valence-corrected chi connectivity index (χ2v) is 7.88. The highest BCUT2D eigenvalue weighted by Crippen LogP contribution is 2.37. The molecular formula is C20H19F4N7O. The van der Waals surface area contributed by atoms with Crippen molar-refractivity contribution < 1.29 is 22.4 Å². The van der Waals surface area contributed by atoms with Gasteiger partial charge in [0.05, 0.1) is 18.4 Å². The van der Waals surface area contributed by atoms with Gasteiger partial charge in [-0.05, 0) is 30.5 Å². The molecule has 32 heavy (non-hydrogen) atoms. The normalized spacial score (nSPS) is 19.8. The number of aromatic nitrogens is 4. The summed E-state index contributed by atoms with van der Waals surface area (Å²) in [5, 5.41) is 4.89. The number of nitrogens with zero attached hydrogens (tertiary/aromatic N) is 6. The Morgan fingerprint density at radius 2 is 2.06 bits per heavy atom. The van der Waals surface area contributed by atoms with E-state index in [9.17, 15) is 22.4 Å². The van der Waals surface area contributed by atoms with Gasteiger partial charge in [0.25, 0.3) is 5.91 Å². The van der Waals surface area contributed by atoms with E-state index < -0.39 is 24.4 Å². The van der Waals surface area contributed by atoms with Crippen LogP contribution < -0.4 is 10.3 Å². The molecule has 1 amide bonds. The number of amides is 1. The molecule has 0 saturated carbocycles. The van der Waals surface area contributed by atoms with Crippen LogP contribution in [0.25, 0.3) is 5.65 Å². The molecule has 0 unspecified atom stereocenters. The average Bonchev–Trinajstić information content (AvgIpc) is 3.37. The molecule has 5 heterocycles. The molecule has 0 aliphatic carbocycles. The van der Waals surface area contributed by atoms with Crippen LogP contribution in [-0.4, -0.2) is 56.3 Å². The number of rotatable bonds is 1. The lowest BCUT2D eigenvalue weighted by molar-refractivity contribution is -0.150. The number of anilines is 1. The second-order valence-electron chi connectivity index (χ2n) is 7.88. The predicted octanol–water partition coefficient (Wildman–Crippen LogP) is 2.67. The van der Waals surface area contributed by atoms with Crippen LogP contribution in [0.3, 0.4) is 0 Å². The van der Waals surface area contributed by atoms with Crippen LogP contribution in [0.15, 0.2) is 30.7 Å². The topological polar surface area (TPSA) is 78.7 Å². The van der Waals surface area contributed by atoms with Gasteiger partial charge in [-0.2, -0.15) is 18.3 Å². The van der Waals surface area contributed by atoms with E-state index >= 15 is 0 Å². The molecule has 2 aliphatic rings. The summed E-state index contributed by atoms with van der Waals surface area (Å²) < 4.78 is 55.0. The summed E-state index contributed by atoms with van der Waals surface area (Å²) in [6.45, 7) is -0.832. The van der Waals surface area contributed by atoms with Crippen molar-refractivity contribution in [3.8, 4) is 0 Å². The maximum atomic E-state index is 14.1. The van der Waals surface area contributed by atoms with Gasteiger partial charge < -0.3 is 4.90 Å². The van der Waals surface area contributed by atoms with Crippen LogP contribution in [-0.2, 0) is 6.42 Å². The van der Waals surface area contributed by atoms with Crippen molar-refractivity contribution in [1.29, 1.82) is 0 Å². The highest BCUT2D eigenvalue weighted by molar-refractivity contribution is 5.99. The van der Waals surface area contributed by atoms with Crippen molar-refractivity contribution in [3.63, 3.8) is 0 Å². The van der Waals surface area contributed by atoms with Gasteiger partial charge in [0.2, 0.25) is 0 Å². The van der Waals surface area contributed by atoms with Crippen LogP contribution >= 0.6 is 0 Å². The van der Waals surface area contributed by atoms with Crippen LogP contribution in [0.4, 0.5) is 23.4 Å². The van der Waals surface area contributed by atoms with E-state index in [-0.39, 0.29) is 30.2 Å². The quantitative estimate of drug-likeness (QED) is 0.576. The van der Waals surface area contributed by atoms with Crippen LogP contribution in [0.5, 0.6) is 0 Å². The van der Waals surface area contributed by atoms with Gasteiger partial charge in [0, 0.05) is 31.4 Å². The minimum Gasteiger partial charge on any atom is -0.349 e. The summed E-state index contributed by atoms with van der Waals surface area (Å²) in [7, 11) is 0. The Hall–Kier alpha value is -3.28. The zero-order chi connectivity index (χ0) is 22.5. The highest BCUT2D eigenvalue weighted by atomic mass is 19.4. The molecule has 8 nitrogen and oxygen atoms in total. The lowest BCUT2D eigenvalue weighted by Crippen LogP contribution is -2.48. The molecule has 3 aromatic rings. The van der Waals surface area contributed by atoms with Crippen molar-refractivity contribution in [3.05, 3.63) is 53.4 Å². The van der Waals surface area contributed by atoms with Crippen molar-refractivity contribution in [2.75, 3.05) is 24.5 Å². The zero-order valence-corrected chi connectivity index (χ0v) is 16.8. The SMILES string of the molecule is O=C1NN(CC(F)(F)F)CCc2ncc(F)cc2[C@H]2CCCN2c2ccn3ncc1c3n2. The lowest BCUT2D eigenvalue weighted by Gasteiger charge is -2.28. The molecule has 2 aliphatic heterocycles. The van der Waals surface area contributed by atoms with Gasteiger partial charge >= 0.3 is 6.18 Å². The molecule has 1 atom stereocenters. The molecule has 0 aromatic carbocycles. The first-order valence-electron chi connectivity index (χ1n) is 10.2. The summed E-state index contributed by atoms with van der Waals surface area (Å²) in [6.07, 6.45) is 1.10. The van der Waals surface area contributed by atoms with Gasteiger partial charge in [-0.25, -0.2) is 18.9 Å². The largest absolute Gasteiger partial charge is 0.403 e. The summed E-state index contributed by atoms with van der Waals surface area (Å²) in [5.41, 5.74) is 3.74. The second kappa shape index (κ2) is 7.69. The zero-order valence-electron chi connectivity index (χ0n) is 16.8. The average molecular weight is 449 g/mol. The summed E-state index contributed by atoms with van der Waals surface area (Å²) in [4.78, 5) is 23.6. The van der Waals surface area contributed by atoms with E-state index in [1.54, 1.807) is 12.3 Å². The molecule has 5 rings (SSSR count). The molecule has 3 aromatic heterocycles. The monoisotopic (exact) mass is 449 g/mol. The number of fused-ring (bicyclic) bond motifs is 5. The number of hydrogen-bond acceptors (Lipinski definition) is 6. The van der Waals surface area contributed by atoms with E-state index in [1.165, 1.54) is 16.8 Å². The van der Waals surface area contributed by atoms with Crippen LogP contribution in [0.1, 0.15) is 40.5 Å². The van der Waals surface area contributed by atoms with Gasteiger partial charge in [-0.1, -0.05) is 0 Å². The Morgan fingerprint density at radius 1 is 1.22 bits per heavy atom. The first-order chi connectivity index (χ1) is 15.3. The molecule has 168 valence electrons. The number of carbonyl (C=O) groups is 1. The van der Waals surface area contributed by atoms with Gasteiger partial charge in [0.15, 0.2) is 5.65 Å². The minimum atomic E-state index is -4.53. The molecular weight excluding hydrogens is 430 g/mol. The molecule has 0 radical (unpaired) electrons. The number of hydrogen-bond donors (Lipinski definition) is 1. The van der Waals surface area contributed by atoms with E-state index in [0.29, 0.717) is 23.6 Å². The molecule has 1 saturated heterocycles. The number of alkyl halides is 3. The van der Waals surface area contributed by atoms with Gasteiger partial charge in [0.1, 0.15) is 23.7 Å². The number of nitrogens with one attached hydrogen (secondary N) is 1. The fraction of sp³-hybridized carbons (Fsp3) is 0.400. The Labute approximate surface area is 179 Å². The van der Waals surface area contributed by atoms with Crippen LogP contribution in [0, 0.1) is 5.82 Å². The smallest absolute Gasteiger partial charge is 0.349 e. The van der Waals surface area contributed by atoms with Crippen molar-refractivity contribution >= 4 is 17.4 Å². The Kier molecular flexibility index (Phi) is 4.96. The van der Waals surface area contributed by atoms with Crippen molar-refractivity contribution in [2.45, 2.75) is 31.5 Å². The maximum absolute atomic E-state index is 14.1. The summed E-state index contributed by atoms with van der Waals surface area (Å²) >= 11 is 0. The van der Waals surface area contributed by atoms with Crippen molar-refractivity contribution in [2.24, 2.45) is 0 Å². The molecule has 2 bridgehead atoms. The molecule has 0 spiro atoms. The van der Waals surface area contributed by atoms with Crippen LogP contribution in [0.2, 0.25) is 0 Å². The molecule has 1 N–H and O–H groups in total.